The molecule has 0 nitrogen and oxygen atoms in total. The van der Waals surface area contributed by atoms with Crippen LogP contribution < -0.4 is 0 Å². The molecule has 0 saturated carbocycles. The van der Waals surface area contributed by atoms with Crippen LogP contribution in [0.25, 0.3) is 75.8 Å². The summed E-state index contributed by atoms with van der Waals surface area (Å²) in [5.41, 5.74) is 7.99. The number of rotatable bonds is 3. The Kier molecular flexibility index (Phi) is 5.80. The first-order chi connectivity index (χ1) is 22.1. The molecule has 0 N–H and O–H groups in total. The lowest BCUT2D eigenvalue weighted by atomic mass is 9.86. The summed E-state index contributed by atoms with van der Waals surface area (Å²) in [5, 5.41) is 15.8. The minimum absolute atomic E-state index is 0.890. The molecule has 9 rings (SSSR count). The fourth-order valence-corrected chi connectivity index (χ4v) is 7.83. The molecule has 9 aromatic rings. The van der Waals surface area contributed by atoms with Crippen LogP contribution in [0.2, 0.25) is 0 Å². The van der Waals surface area contributed by atoms with Crippen molar-refractivity contribution in [3.8, 4) is 11.1 Å². The van der Waals surface area contributed by atoms with E-state index in [2.05, 4.69) is 159 Å². The SMILES string of the molecule is Cc1cc2ccccc2c2ccc(Cc3cc4ccccc4c4cc(-c5c(C)c6ccccc6c6ccccc56)ccc34)cc12. The van der Waals surface area contributed by atoms with Gasteiger partial charge in [-0.25, -0.2) is 0 Å². The first-order valence-corrected chi connectivity index (χ1v) is 15.9. The molecule has 45 heavy (non-hydrogen) atoms. The number of benzene rings is 9. The van der Waals surface area contributed by atoms with E-state index in [1.807, 2.05) is 0 Å². The van der Waals surface area contributed by atoms with Crippen LogP contribution in [0.1, 0.15) is 22.3 Å². The van der Waals surface area contributed by atoms with Crippen LogP contribution in [0, 0.1) is 13.8 Å². The van der Waals surface area contributed by atoms with Crippen molar-refractivity contribution in [2.24, 2.45) is 0 Å². The van der Waals surface area contributed by atoms with Crippen LogP contribution in [-0.2, 0) is 6.42 Å². The summed E-state index contributed by atoms with van der Waals surface area (Å²) in [4.78, 5) is 0. The summed E-state index contributed by atoms with van der Waals surface area (Å²) in [6.07, 6.45) is 0.890. The first-order valence-electron chi connectivity index (χ1n) is 15.9. The molecule has 0 aromatic heterocycles. The highest BCUT2D eigenvalue weighted by atomic mass is 14.2. The van der Waals surface area contributed by atoms with Crippen LogP contribution in [0.3, 0.4) is 0 Å². The summed E-state index contributed by atoms with van der Waals surface area (Å²) < 4.78 is 0. The van der Waals surface area contributed by atoms with Crippen molar-refractivity contribution < 1.29 is 0 Å². The van der Waals surface area contributed by atoms with Gasteiger partial charge in [-0.1, -0.05) is 140 Å². The molecule has 0 atom stereocenters. The average Bonchev–Trinajstić information content (AvgIpc) is 3.09. The lowest BCUT2D eigenvalue weighted by Gasteiger charge is -2.17. The molecule has 0 aliphatic carbocycles. The second kappa shape index (κ2) is 10.0. The Hall–Kier alpha value is -5.46. The zero-order valence-corrected chi connectivity index (χ0v) is 25.6. The van der Waals surface area contributed by atoms with E-state index in [0.717, 1.165) is 6.42 Å². The van der Waals surface area contributed by atoms with E-state index in [-0.39, 0.29) is 0 Å². The maximum Gasteiger partial charge on any atom is -0.00192 e. The maximum absolute atomic E-state index is 2.45. The minimum Gasteiger partial charge on any atom is -0.0616 e. The minimum atomic E-state index is 0.890. The van der Waals surface area contributed by atoms with E-state index < -0.39 is 0 Å². The van der Waals surface area contributed by atoms with E-state index in [1.165, 1.54) is 98.0 Å². The van der Waals surface area contributed by atoms with E-state index in [4.69, 9.17) is 0 Å². The van der Waals surface area contributed by atoms with Gasteiger partial charge in [0.25, 0.3) is 0 Å². The van der Waals surface area contributed by atoms with Crippen LogP contribution in [-0.4, -0.2) is 0 Å². The Labute approximate surface area is 263 Å². The highest BCUT2D eigenvalue weighted by Gasteiger charge is 2.16. The first kappa shape index (κ1) is 26.0. The predicted octanol–water partition coefficient (Wildman–Crippen LogP) is 12.5. The predicted molar refractivity (Wildman–Crippen MR) is 196 cm³/mol. The fourth-order valence-electron chi connectivity index (χ4n) is 7.83. The summed E-state index contributed by atoms with van der Waals surface area (Å²) in [6.45, 7) is 4.53. The lowest BCUT2D eigenvalue weighted by molar-refractivity contribution is 1.23. The third kappa shape index (κ3) is 4.06. The van der Waals surface area contributed by atoms with Crippen molar-refractivity contribution in [3.63, 3.8) is 0 Å². The number of hydrogen-bond donors (Lipinski definition) is 0. The number of fused-ring (bicyclic) bond motifs is 9. The Morgan fingerprint density at radius 2 is 0.933 bits per heavy atom. The Bertz CT molecular complexity index is 2640. The van der Waals surface area contributed by atoms with Gasteiger partial charge < -0.3 is 0 Å². The molecule has 0 spiro atoms. The Balaban J connectivity index is 1.25. The van der Waals surface area contributed by atoms with Crippen molar-refractivity contribution in [3.05, 3.63) is 168 Å². The molecule has 0 amide bonds. The standard InChI is InChI=1S/C45H32/c1-28-23-31-11-3-5-14-36(31)41-21-19-30(25-43(28)41)24-34-26-32-12-4-6-15-37(32)44-27-33(20-22-38(34)44)45-29(2)35-13-7-8-16-39(35)40-17-9-10-18-42(40)45/h3-23,25-27H,24H2,1-2H3. The third-order valence-electron chi connectivity index (χ3n) is 9.95. The molecule has 0 radical (unpaired) electrons. The number of hydrogen-bond acceptors (Lipinski definition) is 0. The van der Waals surface area contributed by atoms with E-state index >= 15 is 0 Å². The van der Waals surface area contributed by atoms with Crippen LogP contribution in [0.4, 0.5) is 0 Å². The Morgan fingerprint density at radius 3 is 1.69 bits per heavy atom. The highest BCUT2D eigenvalue weighted by molar-refractivity contribution is 6.17. The van der Waals surface area contributed by atoms with Crippen LogP contribution in [0.15, 0.2) is 146 Å². The summed E-state index contributed by atoms with van der Waals surface area (Å²) in [5.74, 6) is 0. The van der Waals surface area contributed by atoms with Gasteiger partial charge in [0.2, 0.25) is 0 Å². The second-order valence-corrected chi connectivity index (χ2v) is 12.6. The van der Waals surface area contributed by atoms with Crippen molar-refractivity contribution in [2.45, 2.75) is 20.3 Å². The monoisotopic (exact) mass is 572 g/mol. The molecule has 0 heteroatoms. The van der Waals surface area contributed by atoms with Gasteiger partial charge in [-0.15, -0.1) is 0 Å². The van der Waals surface area contributed by atoms with Crippen LogP contribution >= 0.6 is 0 Å². The lowest BCUT2D eigenvalue weighted by Crippen LogP contribution is -1.94. The van der Waals surface area contributed by atoms with Crippen molar-refractivity contribution >= 4 is 64.6 Å². The zero-order valence-electron chi connectivity index (χ0n) is 25.6. The molecule has 0 fully saturated rings. The van der Waals surface area contributed by atoms with Gasteiger partial charge in [0.05, 0.1) is 0 Å². The van der Waals surface area contributed by atoms with Gasteiger partial charge >= 0.3 is 0 Å². The molecule has 0 saturated heterocycles. The van der Waals surface area contributed by atoms with Gasteiger partial charge in [-0.3, -0.25) is 0 Å². The van der Waals surface area contributed by atoms with Crippen LogP contribution in [0.5, 0.6) is 0 Å². The molecule has 212 valence electrons. The van der Waals surface area contributed by atoms with Gasteiger partial charge in [0.1, 0.15) is 0 Å². The molecule has 0 aliphatic heterocycles. The topological polar surface area (TPSA) is 0 Å². The average molecular weight is 573 g/mol. The highest BCUT2D eigenvalue weighted by Crippen LogP contribution is 2.41. The number of aryl methyl sites for hydroxylation is 2. The summed E-state index contributed by atoms with van der Waals surface area (Å²) in [6, 6.07) is 54.3. The third-order valence-corrected chi connectivity index (χ3v) is 9.95. The smallest absolute Gasteiger partial charge is 0.00192 e. The van der Waals surface area contributed by atoms with Gasteiger partial charge in [0, 0.05) is 0 Å². The largest absolute Gasteiger partial charge is 0.0616 e. The normalized spacial score (nSPS) is 11.9. The molecule has 9 aromatic carbocycles. The van der Waals surface area contributed by atoms with Gasteiger partial charge in [0.15, 0.2) is 0 Å². The molecule has 0 bridgehead atoms. The molecule has 0 heterocycles. The molecule has 0 unspecified atom stereocenters. The van der Waals surface area contributed by atoms with E-state index in [9.17, 15) is 0 Å². The maximum atomic E-state index is 2.45. The van der Waals surface area contributed by atoms with E-state index in [0.29, 0.717) is 0 Å². The van der Waals surface area contributed by atoms with Crippen molar-refractivity contribution in [1.29, 1.82) is 0 Å². The molecular formula is C45H32. The van der Waals surface area contributed by atoms with E-state index in [1.54, 1.807) is 0 Å². The van der Waals surface area contributed by atoms with Gasteiger partial charge in [-0.2, -0.15) is 0 Å². The zero-order chi connectivity index (χ0) is 30.1. The van der Waals surface area contributed by atoms with Crippen molar-refractivity contribution in [2.75, 3.05) is 0 Å². The summed E-state index contributed by atoms with van der Waals surface area (Å²) in [7, 11) is 0. The second-order valence-electron chi connectivity index (χ2n) is 12.6. The Morgan fingerprint density at radius 1 is 0.378 bits per heavy atom. The summed E-state index contributed by atoms with van der Waals surface area (Å²) >= 11 is 0. The van der Waals surface area contributed by atoms with Crippen molar-refractivity contribution in [1.82, 2.24) is 0 Å². The molecular weight excluding hydrogens is 540 g/mol. The fraction of sp³-hybridized carbons (Fsp3) is 0.0667. The quantitative estimate of drug-likeness (QED) is 0.185. The molecule has 0 aliphatic rings. The van der Waals surface area contributed by atoms with Gasteiger partial charge in [-0.05, 0) is 124 Å².